The molecule has 2 atom stereocenters. The number of nitrogens with one attached hydrogen (secondary N) is 1. The number of carbonyl (C=O) groups excluding carboxylic acids is 1. The van der Waals surface area contributed by atoms with E-state index in [-0.39, 0.29) is 11.8 Å². The predicted octanol–water partition coefficient (Wildman–Crippen LogP) is 1.55. The second kappa shape index (κ2) is 5.38. The van der Waals surface area contributed by atoms with Gasteiger partial charge in [0.2, 0.25) is 0 Å². The molecular weight excluding hydrogens is 292 g/mol. The highest BCUT2D eigenvalue weighted by Crippen LogP contribution is 2.34. The molecule has 1 unspecified atom stereocenters. The van der Waals surface area contributed by atoms with Crippen LogP contribution in [0.5, 0.6) is 0 Å². The van der Waals surface area contributed by atoms with E-state index in [0.29, 0.717) is 25.1 Å². The zero-order valence-corrected chi connectivity index (χ0v) is 12.8. The predicted molar refractivity (Wildman–Crippen MR) is 87.6 cm³/mol. The molecule has 0 saturated heterocycles. The molecule has 0 amide bonds. The lowest BCUT2D eigenvalue weighted by Crippen LogP contribution is -2.28. The number of aryl methyl sites for hydroxylation is 1. The maximum Gasteiger partial charge on any atom is 0.256 e. The van der Waals surface area contributed by atoms with Crippen LogP contribution in [0.3, 0.4) is 0 Å². The molecule has 4 rings (SSSR count). The van der Waals surface area contributed by atoms with E-state index in [1.54, 1.807) is 0 Å². The highest BCUT2D eigenvalue weighted by molar-refractivity contribution is 5.90. The molecule has 0 bridgehead atoms. The third kappa shape index (κ3) is 2.30. The molecule has 2 aromatic rings. The Balaban J connectivity index is 1.71. The average Bonchev–Trinajstić information content (AvgIpc) is 2.90. The number of nitrogens with two attached hydrogens (primary N) is 1. The molecule has 2 aliphatic rings. The molecule has 120 valence electrons. The normalized spacial score (nSPS) is 22.8. The van der Waals surface area contributed by atoms with Crippen LogP contribution < -0.4 is 11.1 Å². The molecule has 4 N–H and O–H groups in total. The van der Waals surface area contributed by atoms with Gasteiger partial charge in [-0.25, -0.2) is 0 Å². The van der Waals surface area contributed by atoms with Crippen LogP contribution in [0.2, 0.25) is 0 Å². The first kappa shape index (κ1) is 14.3. The van der Waals surface area contributed by atoms with Crippen molar-refractivity contribution in [3.63, 3.8) is 0 Å². The standard InChI is InChI=1S/C17H20N4O2/c18-16-13-9-10(22)5-6-15(13)20-21(16)17(23)12-7-8-19-14-4-2-1-3-11(12)14/h1-4,10,12,19,22H,5-9,18H2/t10-,12?/m1/s1. The van der Waals surface area contributed by atoms with E-state index in [0.717, 1.165) is 35.5 Å². The van der Waals surface area contributed by atoms with Crippen molar-refractivity contribution in [1.29, 1.82) is 0 Å². The van der Waals surface area contributed by atoms with Crippen molar-refractivity contribution in [3.8, 4) is 0 Å². The number of para-hydroxylation sites is 1. The van der Waals surface area contributed by atoms with Crippen LogP contribution in [-0.2, 0) is 12.8 Å². The number of aliphatic hydroxyl groups is 1. The number of aliphatic hydroxyl groups excluding tert-OH is 1. The van der Waals surface area contributed by atoms with E-state index in [9.17, 15) is 9.90 Å². The number of nitrogens with zero attached hydrogens (tertiary/aromatic N) is 2. The molecule has 2 heterocycles. The number of anilines is 2. The summed E-state index contributed by atoms with van der Waals surface area (Å²) in [4.78, 5) is 13.0. The first-order valence-corrected chi connectivity index (χ1v) is 8.06. The summed E-state index contributed by atoms with van der Waals surface area (Å²) in [6, 6.07) is 7.87. The van der Waals surface area contributed by atoms with Gasteiger partial charge in [-0.3, -0.25) is 4.79 Å². The van der Waals surface area contributed by atoms with E-state index in [1.807, 2.05) is 24.3 Å². The summed E-state index contributed by atoms with van der Waals surface area (Å²) in [5.41, 5.74) is 9.85. The molecule has 6 heteroatoms. The number of carbonyl (C=O) groups is 1. The smallest absolute Gasteiger partial charge is 0.256 e. The molecule has 1 aliphatic carbocycles. The lowest BCUT2D eigenvalue weighted by molar-refractivity contribution is 0.0859. The van der Waals surface area contributed by atoms with Crippen LogP contribution in [0.1, 0.15) is 40.4 Å². The Morgan fingerprint density at radius 3 is 3.04 bits per heavy atom. The highest BCUT2D eigenvalue weighted by atomic mass is 16.3. The number of benzene rings is 1. The Kier molecular flexibility index (Phi) is 3.34. The molecular formula is C17H20N4O2. The number of nitrogen functional groups attached to an aromatic ring is 1. The summed E-state index contributed by atoms with van der Waals surface area (Å²) in [5.74, 6) is 0.0705. The molecule has 23 heavy (non-hydrogen) atoms. The second-order valence-electron chi connectivity index (χ2n) is 6.31. The van der Waals surface area contributed by atoms with Crippen LogP contribution >= 0.6 is 0 Å². The summed E-state index contributed by atoms with van der Waals surface area (Å²) in [6.07, 6.45) is 2.16. The van der Waals surface area contributed by atoms with Crippen molar-refractivity contribution >= 4 is 17.4 Å². The van der Waals surface area contributed by atoms with Crippen LogP contribution in [-0.4, -0.2) is 33.4 Å². The van der Waals surface area contributed by atoms with Crippen molar-refractivity contribution in [1.82, 2.24) is 9.78 Å². The quantitative estimate of drug-likeness (QED) is 0.743. The lowest BCUT2D eigenvalue weighted by Gasteiger charge is -2.25. The van der Waals surface area contributed by atoms with Gasteiger partial charge in [0.15, 0.2) is 0 Å². The third-order valence-corrected chi connectivity index (χ3v) is 4.85. The van der Waals surface area contributed by atoms with Gasteiger partial charge in [-0.2, -0.15) is 9.78 Å². The number of fused-ring (bicyclic) bond motifs is 2. The number of hydrogen-bond acceptors (Lipinski definition) is 5. The van der Waals surface area contributed by atoms with Gasteiger partial charge >= 0.3 is 0 Å². The number of rotatable bonds is 1. The van der Waals surface area contributed by atoms with Crippen molar-refractivity contribution < 1.29 is 9.90 Å². The van der Waals surface area contributed by atoms with Crippen molar-refractivity contribution in [2.45, 2.75) is 37.7 Å². The van der Waals surface area contributed by atoms with E-state index < -0.39 is 6.10 Å². The lowest BCUT2D eigenvalue weighted by atomic mass is 9.90. The number of hydrogen-bond donors (Lipinski definition) is 3. The van der Waals surface area contributed by atoms with Gasteiger partial charge in [0.25, 0.3) is 5.91 Å². The molecule has 0 spiro atoms. The largest absolute Gasteiger partial charge is 0.393 e. The molecule has 0 fully saturated rings. The summed E-state index contributed by atoms with van der Waals surface area (Å²) in [5, 5.41) is 17.6. The van der Waals surface area contributed by atoms with Gasteiger partial charge in [-0.05, 0) is 30.9 Å². The van der Waals surface area contributed by atoms with E-state index in [1.165, 1.54) is 4.68 Å². The minimum absolute atomic E-state index is 0.0830. The van der Waals surface area contributed by atoms with Gasteiger partial charge in [-0.15, -0.1) is 0 Å². The van der Waals surface area contributed by atoms with E-state index >= 15 is 0 Å². The van der Waals surface area contributed by atoms with E-state index in [2.05, 4.69) is 10.4 Å². The maximum atomic E-state index is 13.0. The Morgan fingerprint density at radius 2 is 2.17 bits per heavy atom. The van der Waals surface area contributed by atoms with Crippen LogP contribution in [0.25, 0.3) is 0 Å². The molecule has 1 aliphatic heterocycles. The Labute approximate surface area is 134 Å². The molecule has 1 aromatic heterocycles. The fraction of sp³-hybridized carbons (Fsp3) is 0.412. The van der Waals surface area contributed by atoms with Gasteiger partial charge in [0, 0.05) is 24.2 Å². The zero-order valence-electron chi connectivity index (χ0n) is 12.8. The summed E-state index contributed by atoms with van der Waals surface area (Å²) < 4.78 is 1.36. The Bertz CT molecular complexity index is 768. The molecule has 0 saturated carbocycles. The monoisotopic (exact) mass is 312 g/mol. The summed E-state index contributed by atoms with van der Waals surface area (Å²) >= 11 is 0. The van der Waals surface area contributed by atoms with Crippen LogP contribution in [0.4, 0.5) is 11.5 Å². The zero-order chi connectivity index (χ0) is 16.0. The molecule has 6 nitrogen and oxygen atoms in total. The van der Waals surface area contributed by atoms with Gasteiger partial charge in [0.1, 0.15) is 5.82 Å². The van der Waals surface area contributed by atoms with Crippen molar-refractivity contribution in [2.24, 2.45) is 0 Å². The van der Waals surface area contributed by atoms with E-state index in [4.69, 9.17) is 5.73 Å². The van der Waals surface area contributed by atoms with Crippen molar-refractivity contribution in [3.05, 3.63) is 41.1 Å². The second-order valence-corrected chi connectivity index (χ2v) is 6.31. The Hall–Kier alpha value is -2.34. The fourth-order valence-electron chi connectivity index (χ4n) is 3.62. The maximum absolute atomic E-state index is 13.0. The molecule has 0 radical (unpaired) electrons. The highest BCUT2D eigenvalue weighted by Gasteiger charge is 2.32. The Morgan fingerprint density at radius 1 is 1.35 bits per heavy atom. The first-order valence-electron chi connectivity index (χ1n) is 8.06. The SMILES string of the molecule is Nc1c2c(nn1C(=O)C1CCNc3ccccc31)CC[C@@H](O)C2. The fourth-order valence-corrected chi connectivity index (χ4v) is 3.62. The summed E-state index contributed by atoms with van der Waals surface area (Å²) in [7, 11) is 0. The van der Waals surface area contributed by atoms with Crippen molar-refractivity contribution in [2.75, 3.05) is 17.6 Å². The minimum Gasteiger partial charge on any atom is -0.393 e. The minimum atomic E-state index is -0.392. The van der Waals surface area contributed by atoms with Gasteiger partial charge in [0.05, 0.1) is 17.7 Å². The average molecular weight is 312 g/mol. The topological polar surface area (TPSA) is 93.2 Å². The summed E-state index contributed by atoms with van der Waals surface area (Å²) in [6.45, 7) is 0.757. The number of aromatic nitrogens is 2. The first-order chi connectivity index (χ1) is 11.1. The van der Waals surface area contributed by atoms with Crippen LogP contribution in [0.15, 0.2) is 24.3 Å². The van der Waals surface area contributed by atoms with Crippen LogP contribution in [0, 0.1) is 0 Å². The third-order valence-electron chi connectivity index (χ3n) is 4.85. The van der Waals surface area contributed by atoms with Gasteiger partial charge < -0.3 is 16.2 Å². The molecule has 1 aromatic carbocycles. The van der Waals surface area contributed by atoms with Gasteiger partial charge in [-0.1, -0.05) is 18.2 Å².